The number of hydrogen-bond acceptors (Lipinski definition) is 4. The lowest BCUT2D eigenvalue weighted by atomic mass is 10.2. The number of aromatic nitrogens is 3. The molecule has 0 bridgehead atoms. The van der Waals surface area contributed by atoms with E-state index in [0.717, 1.165) is 30.9 Å². The van der Waals surface area contributed by atoms with E-state index in [0.29, 0.717) is 6.04 Å². The van der Waals surface area contributed by atoms with E-state index in [4.69, 9.17) is 0 Å². The van der Waals surface area contributed by atoms with Crippen molar-refractivity contribution in [2.45, 2.75) is 50.7 Å². The number of hydrogen-bond donors (Lipinski definition) is 1. The number of rotatable bonds is 5. The average molecular weight is 249 g/mol. The molecule has 2 aliphatic rings. The molecule has 0 aromatic carbocycles. The number of likely N-dealkylation sites (tertiary alicyclic amines) is 1. The molecule has 0 radical (unpaired) electrons. The third-order valence-corrected chi connectivity index (χ3v) is 4.23. The minimum atomic E-state index is 0.661. The van der Waals surface area contributed by atoms with Gasteiger partial charge in [0, 0.05) is 44.7 Å². The fourth-order valence-corrected chi connectivity index (χ4v) is 3.04. The van der Waals surface area contributed by atoms with Crippen molar-refractivity contribution in [1.82, 2.24) is 25.0 Å². The van der Waals surface area contributed by atoms with Crippen LogP contribution in [-0.2, 0) is 13.5 Å². The Morgan fingerprint density at radius 1 is 1.44 bits per heavy atom. The second kappa shape index (κ2) is 4.97. The molecule has 2 atom stereocenters. The lowest BCUT2D eigenvalue weighted by molar-refractivity contribution is 0.255. The maximum absolute atomic E-state index is 4.11. The molecule has 5 nitrogen and oxygen atoms in total. The Balaban J connectivity index is 1.43. The summed E-state index contributed by atoms with van der Waals surface area (Å²) in [4.78, 5) is 2.68. The van der Waals surface area contributed by atoms with E-state index in [2.05, 4.69) is 27.3 Å². The first-order valence-electron chi connectivity index (χ1n) is 7.06. The zero-order chi connectivity index (χ0) is 12.5. The third kappa shape index (κ3) is 2.57. The van der Waals surface area contributed by atoms with Gasteiger partial charge in [0.15, 0.2) is 0 Å². The molecule has 18 heavy (non-hydrogen) atoms. The number of aryl methyl sites for hydroxylation is 1. The predicted molar refractivity (Wildman–Crippen MR) is 70.3 cm³/mol. The molecule has 1 aliphatic carbocycles. The van der Waals surface area contributed by atoms with Crippen LogP contribution in [0.25, 0.3) is 0 Å². The summed E-state index contributed by atoms with van der Waals surface area (Å²) in [7, 11) is 2.00. The molecule has 1 aliphatic heterocycles. The van der Waals surface area contributed by atoms with E-state index in [1.165, 1.54) is 25.8 Å². The summed E-state index contributed by atoms with van der Waals surface area (Å²) in [5.74, 6) is 1.06. The Morgan fingerprint density at radius 3 is 2.94 bits per heavy atom. The van der Waals surface area contributed by atoms with Crippen molar-refractivity contribution >= 4 is 0 Å². The summed E-state index contributed by atoms with van der Waals surface area (Å²) in [6.07, 6.45) is 6.84. The maximum atomic E-state index is 4.11. The van der Waals surface area contributed by atoms with Crippen LogP contribution < -0.4 is 5.32 Å². The van der Waals surface area contributed by atoms with Gasteiger partial charge < -0.3 is 9.88 Å². The molecule has 100 valence electrons. The molecule has 1 N–H and O–H groups in total. The Kier molecular flexibility index (Phi) is 3.35. The molecule has 2 fully saturated rings. The van der Waals surface area contributed by atoms with Gasteiger partial charge in [-0.2, -0.15) is 0 Å². The molecule has 1 aromatic heterocycles. The van der Waals surface area contributed by atoms with Gasteiger partial charge in [0.1, 0.15) is 12.2 Å². The van der Waals surface area contributed by atoms with Crippen LogP contribution in [0.3, 0.4) is 0 Å². The summed E-state index contributed by atoms with van der Waals surface area (Å²) < 4.78 is 2.00. The minimum Gasteiger partial charge on any atom is -0.321 e. The fourth-order valence-electron chi connectivity index (χ4n) is 3.04. The van der Waals surface area contributed by atoms with Crippen molar-refractivity contribution in [2.75, 3.05) is 13.1 Å². The summed E-state index contributed by atoms with van der Waals surface area (Å²) in [6.45, 7) is 4.59. The van der Waals surface area contributed by atoms with Crippen LogP contribution in [-0.4, -0.2) is 50.9 Å². The van der Waals surface area contributed by atoms with Gasteiger partial charge in [0.25, 0.3) is 0 Å². The van der Waals surface area contributed by atoms with Gasteiger partial charge in [-0.05, 0) is 26.2 Å². The molecular formula is C13H23N5. The SMILES string of the molecule is CC1CC(NCCc2nncn2C)CN1C1CC1. The highest BCUT2D eigenvalue weighted by atomic mass is 15.3. The molecule has 2 heterocycles. The highest BCUT2D eigenvalue weighted by Crippen LogP contribution is 2.33. The first-order chi connectivity index (χ1) is 8.74. The first kappa shape index (κ1) is 12.1. The molecule has 1 saturated heterocycles. The van der Waals surface area contributed by atoms with E-state index in [1.54, 1.807) is 6.33 Å². The highest BCUT2D eigenvalue weighted by Gasteiger charge is 2.38. The van der Waals surface area contributed by atoms with Gasteiger partial charge in [-0.15, -0.1) is 10.2 Å². The predicted octanol–water partition coefficient (Wildman–Crippen LogP) is 0.572. The van der Waals surface area contributed by atoms with Crippen molar-refractivity contribution in [3.05, 3.63) is 12.2 Å². The van der Waals surface area contributed by atoms with Gasteiger partial charge in [0.05, 0.1) is 0 Å². The van der Waals surface area contributed by atoms with Gasteiger partial charge in [0.2, 0.25) is 0 Å². The van der Waals surface area contributed by atoms with Gasteiger partial charge in [-0.3, -0.25) is 4.90 Å². The van der Waals surface area contributed by atoms with Crippen molar-refractivity contribution in [2.24, 2.45) is 7.05 Å². The molecular weight excluding hydrogens is 226 g/mol. The lowest BCUT2D eigenvalue weighted by Gasteiger charge is -2.19. The van der Waals surface area contributed by atoms with E-state index in [1.807, 2.05) is 11.6 Å². The van der Waals surface area contributed by atoms with Crippen molar-refractivity contribution < 1.29 is 0 Å². The zero-order valence-corrected chi connectivity index (χ0v) is 11.3. The van der Waals surface area contributed by atoms with Crippen molar-refractivity contribution in [1.29, 1.82) is 0 Å². The van der Waals surface area contributed by atoms with Gasteiger partial charge in [-0.25, -0.2) is 0 Å². The second-order valence-corrected chi connectivity index (χ2v) is 5.77. The normalized spacial score (nSPS) is 29.0. The standard InChI is InChI=1S/C13H23N5/c1-10-7-11(8-18(10)12-3-4-12)14-6-5-13-16-15-9-17(13)2/h9-12,14H,3-8H2,1-2H3. The smallest absolute Gasteiger partial charge is 0.133 e. The lowest BCUT2D eigenvalue weighted by Crippen LogP contribution is -2.35. The molecule has 5 heteroatoms. The minimum absolute atomic E-state index is 0.661. The van der Waals surface area contributed by atoms with E-state index in [-0.39, 0.29) is 0 Å². The van der Waals surface area contributed by atoms with E-state index >= 15 is 0 Å². The number of nitrogens with one attached hydrogen (secondary N) is 1. The maximum Gasteiger partial charge on any atom is 0.133 e. The second-order valence-electron chi connectivity index (χ2n) is 5.77. The average Bonchev–Trinajstić information content (AvgIpc) is 3.01. The van der Waals surface area contributed by atoms with Crippen LogP contribution in [0.1, 0.15) is 32.0 Å². The van der Waals surface area contributed by atoms with Crippen LogP contribution in [0.4, 0.5) is 0 Å². The van der Waals surface area contributed by atoms with Crippen LogP contribution in [0.2, 0.25) is 0 Å². The summed E-state index contributed by atoms with van der Waals surface area (Å²) in [6, 6.07) is 2.31. The van der Waals surface area contributed by atoms with Crippen molar-refractivity contribution in [3.8, 4) is 0 Å². The third-order valence-electron chi connectivity index (χ3n) is 4.23. The van der Waals surface area contributed by atoms with E-state index in [9.17, 15) is 0 Å². The molecule has 2 unspecified atom stereocenters. The zero-order valence-electron chi connectivity index (χ0n) is 11.3. The molecule has 3 rings (SSSR count). The first-order valence-corrected chi connectivity index (χ1v) is 7.06. The molecule has 0 spiro atoms. The Morgan fingerprint density at radius 2 is 2.28 bits per heavy atom. The quantitative estimate of drug-likeness (QED) is 0.829. The fraction of sp³-hybridized carbons (Fsp3) is 0.846. The topological polar surface area (TPSA) is 46.0 Å². The Hall–Kier alpha value is -0.940. The number of nitrogens with zero attached hydrogens (tertiary/aromatic N) is 4. The molecule has 1 saturated carbocycles. The molecule has 1 aromatic rings. The van der Waals surface area contributed by atoms with Crippen LogP contribution in [0, 0.1) is 0 Å². The van der Waals surface area contributed by atoms with Crippen LogP contribution in [0.5, 0.6) is 0 Å². The van der Waals surface area contributed by atoms with Gasteiger partial charge in [-0.1, -0.05) is 0 Å². The van der Waals surface area contributed by atoms with Crippen LogP contribution in [0.15, 0.2) is 6.33 Å². The largest absolute Gasteiger partial charge is 0.321 e. The van der Waals surface area contributed by atoms with Crippen molar-refractivity contribution in [3.63, 3.8) is 0 Å². The molecule has 0 amide bonds. The summed E-state index contributed by atoms with van der Waals surface area (Å²) in [5, 5.41) is 11.7. The summed E-state index contributed by atoms with van der Waals surface area (Å²) >= 11 is 0. The summed E-state index contributed by atoms with van der Waals surface area (Å²) in [5.41, 5.74) is 0. The highest BCUT2D eigenvalue weighted by molar-refractivity contribution is 4.96. The Bertz CT molecular complexity index is 398. The van der Waals surface area contributed by atoms with Gasteiger partial charge >= 0.3 is 0 Å². The Labute approximate surface area is 109 Å². The monoisotopic (exact) mass is 249 g/mol. The van der Waals surface area contributed by atoms with E-state index < -0.39 is 0 Å². The van der Waals surface area contributed by atoms with Crippen LogP contribution >= 0.6 is 0 Å².